The molecule has 304 valence electrons. The molecule has 0 spiro atoms. The number of ketones is 2. The van der Waals surface area contributed by atoms with E-state index in [-0.39, 0.29) is 30.8 Å². The van der Waals surface area contributed by atoms with Gasteiger partial charge in [-0.05, 0) is 61.1 Å². The number of esters is 3. The molecule has 0 unspecified atom stereocenters. The van der Waals surface area contributed by atoms with Crippen LogP contribution in [0.15, 0.2) is 12.7 Å². The minimum atomic E-state index is -1.36. The van der Waals surface area contributed by atoms with Gasteiger partial charge in [0.2, 0.25) is 0 Å². The van der Waals surface area contributed by atoms with Gasteiger partial charge in [-0.3, -0.25) is 28.7 Å². The van der Waals surface area contributed by atoms with Crippen LogP contribution in [0.3, 0.4) is 0 Å². The van der Waals surface area contributed by atoms with Gasteiger partial charge in [-0.2, -0.15) is 5.10 Å². The summed E-state index contributed by atoms with van der Waals surface area (Å²) in [6.07, 6.45) is -0.299. The van der Waals surface area contributed by atoms with Crippen molar-refractivity contribution in [3.63, 3.8) is 0 Å². The van der Waals surface area contributed by atoms with Crippen LogP contribution in [0.1, 0.15) is 81.6 Å². The summed E-state index contributed by atoms with van der Waals surface area (Å²) in [6, 6.07) is -0.269. The predicted octanol–water partition coefficient (Wildman–Crippen LogP) is 3.51. The molecule has 0 bridgehead atoms. The number of cyclic esters (lactones) is 1. The Kier molecular flexibility index (Phi) is 14.5. The second-order valence-electron chi connectivity index (χ2n) is 15.9. The van der Waals surface area contributed by atoms with E-state index in [4.69, 9.17) is 28.4 Å². The summed E-state index contributed by atoms with van der Waals surface area (Å²) in [5.74, 6) is -6.20. The van der Waals surface area contributed by atoms with Crippen LogP contribution in [0, 0.1) is 29.6 Å². The number of aryl methyl sites for hydroxylation is 1. The molecule has 15 nitrogen and oxygen atoms in total. The van der Waals surface area contributed by atoms with E-state index in [1.165, 1.54) is 39.0 Å². The Balaban J connectivity index is 1.77. The molecule has 0 aliphatic carbocycles. The predicted molar refractivity (Wildman–Crippen MR) is 198 cm³/mol. The zero-order valence-corrected chi connectivity index (χ0v) is 34.6. The van der Waals surface area contributed by atoms with Crippen LogP contribution in [0.2, 0.25) is 0 Å². The molecule has 0 saturated carbocycles. The lowest BCUT2D eigenvalue weighted by Gasteiger charge is -2.47. The van der Waals surface area contributed by atoms with Crippen molar-refractivity contribution in [2.75, 3.05) is 27.0 Å². The fourth-order valence-electron chi connectivity index (χ4n) is 8.67. The highest BCUT2D eigenvalue weighted by Crippen LogP contribution is 2.49. The van der Waals surface area contributed by atoms with Gasteiger partial charge in [-0.15, -0.1) is 11.8 Å². The minimum Gasteiger partial charge on any atom is -0.458 e. The molecule has 16 heteroatoms. The molecule has 3 saturated heterocycles. The Morgan fingerprint density at radius 1 is 1.06 bits per heavy atom. The number of carbonyl (C=O) groups excluding carboxylic acids is 5. The summed E-state index contributed by atoms with van der Waals surface area (Å²) in [6.45, 7) is 15.7. The second kappa shape index (κ2) is 17.9. The summed E-state index contributed by atoms with van der Waals surface area (Å²) in [4.78, 5) is 74.9. The van der Waals surface area contributed by atoms with Crippen molar-refractivity contribution in [3.8, 4) is 0 Å². The number of nitrogens with zero attached hydrogens (tertiary/aromatic N) is 4. The van der Waals surface area contributed by atoms with Crippen molar-refractivity contribution >= 4 is 41.2 Å². The highest BCUT2D eigenvalue weighted by molar-refractivity contribution is 8.00. The average Bonchev–Trinajstić information content (AvgIpc) is 3.73. The van der Waals surface area contributed by atoms with Gasteiger partial charge in [0.1, 0.15) is 35.7 Å². The zero-order chi connectivity index (χ0) is 40.3. The SMILES string of the molecule is CC[C@H]1OC(=O)[C@H](C)C(=O)[C@H](C)[C@@H](O[C@@H]2O[C@H](C)C[C@H](N(C)C)[C@H]2OC(C)=O)[C@](C)(OC)C[C@@H](C)C(=O)[C@H](C)[C@H]2[C@H](SCCn3cncn3)C(=O)O[C@@]21C. The fourth-order valence-corrected chi connectivity index (χ4v) is 10.1. The Bertz CT molecular complexity index is 1500. The van der Waals surface area contributed by atoms with Gasteiger partial charge in [0.25, 0.3) is 0 Å². The van der Waals surface area contributed by atoms with Crippen LogP contribution in [0.5, 0.6) is 0 Å². The third-order valence-corrected chi connectivity index (χ3v) is 12.9. The van der Waals surface area contributed by atoms with Gasteiger partial charge in [-0.25, -0.2) is 4.98 Å². The van der Waals surface area contributed by atoms with E-state index < -0.39 is 94.3 Å². The molecule has 3 aliphatic heterocycles. The zero-order valence-electron chi connectivity index (χ0n) is 33.8. The van der Waals surface area contributed by atoms with Gasteiger partial charge in [-0.1, -0.05) is 27.7 Å². The minimum absolute atomic E-state index is 0.116. The number of fused-ring (bicyclic) bond motifs is 1. The summed E-state index contributed by atoms with van der Waals surface area (Å²) in [7, 11) is 5.24. The largest absolute Gasteiger partial charge is 0.458 e. The maximum atomic E-state index is 14.6. The molecule has 54 heavy (non-hydrogen) atoms. The first-order valence-corrected chi connectivity index (χ1v) is 20.0. The first-order valence-electron chi connectivity index (χ1n) is 18.9. The number of aromatic nitrogens is 3. The summed E-state index contributed by atoms with van der Waals surface area (Å²) < 4.78 is 38.9. The van der Waals surface area contributed by atoms with Crippen LogP contribution in [-0.2, 0) is 58.9 Å². The molecule has 0 amide bonds. The monoisotopic (exact) mass is 780 g/mol. The van der Waals surface area contributed by atoms with Crippen LogP contribution in [-0.4, -0.2) is 129 Å². The number of methoxy groups -OCH3 is 1. The molecule has 14 atom stereocenters. The Morgan fingerprint density at radius 3 is 2.31 bits per heavy atom. The normalized spacial score (nSPS) is 39.8. The van der Waals surface area contributed by atoms with E-state index in [0.29, 0.717) is 18.7 Å². The third kappa shape index (κ3) is 9.20. The number of rotatable bonds is 10. The van der Waals surface area contributed by atoms with Crippen LogP contribution < -0.4 is 0 Å². The van der Waals surface area contributed by atoms with Crippen molar-refractivity contribution in [2.45, 2.75) is 141 Å². The van der Waals surface area contributed by atoms with Gasteiger partial charge in [0.05, 0.1) is 30.4 Å². The van der Waals surface area contributed by atoms with Gasteiger partial charge < -0.3 is 33.3 Å². The topological polar surface area (TPSA) is 175 Å². The number of thioether (sulfide) groups is 1. The van der Waals surface area contributed by atoms with Crippen molar-refractivity contribution in [1.82, 2.24) is 19.7 Å². The van der Waals surface area contributed by atoms with E-state index >= 15 is 0 Å². The quantitative estimate of drug-likeness (QED) is 0.192. The fraction of sp³-hybridized carbons (Fsp3) is 0.816. The molecule has 1 aromatic rings. The number of hydrogen-bond donors (Lipinski definition) is 0. The van der Waals surface area contributed by atoms with Crippen molar-refractivity contribution in [2.24, 2.45) is 29.6 Å². The maximum Gasteiger partial charge on any atom is 0.320 e. The Hall–Kier alpha value is -2.92. The number of likely N-dealkylation sites (N-methyl/N-ethyl adjacent to an activating group) is 1. The van der Waals surface area contributed by atoms with Crippen LogP contribution in [0.4, 0.5) is 0 Å². The number of hydrogen-bond acceptors (Lipinski definition) is 15. The molecule has 0 radical (unpaired) electrons. The van der Waals surface area contributed by atoms with Gasteiger partial charge in [0.15, 0.2) is 23.8 Å². The number of ether oxygens (including phenoxy) is 6. The molecule has 0 aromatic carbocycles. The maximum absolute atomic E-state index is 14.6. The van der Waals surface area contributed by atoms with Gasteiger partial charge in [0, 0.05) is 43.5 Å². The summed E-state index contributed by atoms with van der Waals surface area (Å²) in [5, 5.41) is 3.40. The van der Waals surface area contributed by atoms with Crippen molar-refractivity contribution < 1.29 is 52.4 Å². The molecule has 1 aromatic heterocycles. The molecule has 4 rings (SSSR count). The van der Waals surface area contributed by atoms with E-state index in [2.05, 4.69) is 10.1 Å². The Labute approximate surface area is 323 Å². The third-order valence-electron chi connectivity index (χ3n) is 11.7. The molecular formula is C38H60N4O11S. The lowest BCUT2D eigenvalue weighted by Crippen LogP contribution is -2.60. The standard InChI is InChI=1S/C38H60N4O11S/c1-13-27-38(9)28(32(35(47)53-38)54-15-14-42-19-39-18-40-42)22(4)29(44)20(2)17-37(8,48-12)33(23(5)30(45)24(6)34(46)51-27)52-36-31(50-25(7)43)26(41(10)11)16-21(3)49-36/h18-24,26-28,31-33,36H,13-17H2,1-12H3/t20-,21-,22-,23+,24-,26+,27-,28+,31-,32+,33-,36+,37-,38-/m1/s1. The molecule has 3 aliphatic rings. The lowest BCUT2D eigenvalue weighted by atomic mass is 9.70. The summed E-state index contributed by atoms with van der Waals surface area (Å²) in [5.41, 5.74) is -2.65. The van der Waals surface area contributed by atoms with Crippen molar-refractivity contribution in [3.05, 3.63) is 12.7 Å². The summed E-state index contributed by atoms with van der Waals surface area (Å²) >= 11 is 1.36. The van der Waals surface area contributed by atoms with E-state index in [9.17, 15) is 24.0 Å². The number of Topliss-reactive ketones (excluding diaryl/α,β-unsaturated/α-hetero) is 2. The van der Waals surface area contributed by atoms with Crippen molar-refractivity contribution in [1.29, 1.82) is 0 Å². The second-order valence-corrected chi connectivity index (χ2v) is 17.1. The Morgan fingerprint density at radius 2 is 1.74 bits per heavy atom. The lowest BCUT2D eigenvalue weighted by molar-refractivity contribution is -0.298. The highest BCUT2D eigenvalue weighted by atomic mass is 32.2. The highest BCUT2D eigenvalue weighted by Gasteiger charge is 2.61. The van der Waals surface area contributed by atoms with Crippen LogP contribution >= 0.6 is 11.8 Å². The van der Waals surface area contributed by atoms with E-state index in [1.807, 2.05) is 32.8 Å². The first-order chi connectivity index (χ1) is 25.3. The molecular weight excluding hydrogens is 721 g/mol. The smallest absolute Gasteiger partial charge is 0.320 e. The first kappa shape index (κ1) is 43.8. The number of carbonyl (C=O) groups is 5. The van der Waals surface area contributed by atoms with Gasteiger partial charge >= 0.3 is 17.9 Å². The molecule has 0 N–H and O–H groups in total. The molecule has 4 heterocycles. The molecule has 3 fully saturated rings. The average molecular weight is 781 g/mol. The van der Waals surface area contributed by atoms with Crippen LogP contribution in [0.25, 0.3) is 0 Å². The van der Waals surface area contributed by atoms with E-state index in [1.54, 1.807) is 45.6 Å². The van der Waals surface area contributed by atoms with E-state index in [0.717, 1.165) is 0 Å².